The van der Waals surface area contributed by atoms with Crippen molar-refractivity contribution in [2.45, 2.75) is 6.54 Å². The Morgan fingerprint density at radius 1 is 1.07 bits per heavy atom. The number of hydrogen-bond acceptors (Lipinski definition) is 5. The zero-order chi connectivity index (χ0) is 19.9. The zero-order valence-electron chi connectivity index (χ0n) is 16.5. The van der Waals surface area contributed by atoms with Gasteiger partial charge >= 0.3 is 0 Å². The summed E-state index contributed by atoms with van der Waals surface area (Å²) in [5, 5.41) is 8.65. The lowest BCUT2D eigenvalue weighted by Gasteiger charge is -2.37. The first kappa shape index (κ1) is 19.9. The molecule has 0 saturated carbocycles. The largest absolute Gasteiger partial charge is 0.378 e. The van der Waals surface area contributed by atoms with Crippen LogP contribution in [0.5, 0.6) is 0 Å². The molecule has 6 heteroatoms. The molecule has 1 saturated heterocycles. The number of hydroxylamine groups is 1. The summed E-state index contributed by atoms with van der Waals surface area (Å²) < 4.78 is 0. The van der Waals surface area contributed by atoms with E-state index in [0.29, 0.717) is 0 Å². The second-order valence-electron chi connectivity index (χ2n) is 7.19. The van der Waals surface area contributed by atoms with Crippen molar-refractivity contribution in [3.8, 4) is 0 Å². The van der Waals surface area contributed by atoms with E-state index in [1.54, 1.807) is 11.6 Å². The molecule has 0 spiro atoms. The van der Waals surface area contributed by atoms with Crippen LogP contribution in [-0.2, 0) is 11.3 Å². The molecule has 0 atom stereocenters. The molecule has 1 heterocycles. The van der Waals surface area contributed by atoms with Crippen LogP contribution in [0.3, 0.4) is 0 Å². The Labute approximate surface area is 166 Å². The van der Waals surface area contributed by atoms with Gasteiger partial charge in [-0.3, -0.25) is 14.9 Å². The Morgan fingerprint density at radius 3 is 2.39 bits per heavy atom. The van der Waals surface area contributed by atoms with Gasteiger partial charge in [0.15, 0.2) is 0 Å². The van der Waals surface area contributed by atoms with Gasteiger partial charge in [-0.15, -0.1) is 0 Å². The van der Waals surface area contributed by atoms with Gasteiger partial charge in [0.25, 0.3) is 5.91 Å². The fourth-order valence-electron chi connectivity index (χ4n) is 3.42. The van der Waals surface area contributed by atoms with E-state index in [0.717, 1.165) is 44.0 Å². The van der Waals surface area contributed by atoms with Crippen molar-refractivity contribution in [1.82, 2.24) is 10.4 Å². The van der Waals surface area contributed by atoms with Crippen molar-refractivity contribution in [3.05, 3.63) is 65.7 Å². The minimum atomic E-state index is -0.528. The summed E-state index contributed by atoms with van der Waals surface area (Å²) in [6, 6.07) is 16.8. The average molecular weight is 380 g/mol. The highest BCUT2D eigenvalue weighted by Crippen LogP contribution is 2.24. The first-order chi connectivity index (χ1) is 13.6. The molecule has 28 heavy (non-hydrogen) atoms. The average Bonchev–Trinajstić information content (AvgIpc) is 2.73. The number of anilines is 2. The molecule has 0 aromatic heterocycles. The molecule has 2 aromatic rings. The molecule has 148 valence electrons. The van der Waals surface area contributed by atoms with Crippen LogP contribution in [0.4, 0.5) is 11.4 Å². The van der Waals surface area contributed by atoms with Crippen molar-refractivity contribution in [2.24, 2.45) is 0 Å². The van der Waals surface area contributed by atoms with Crippen LogP contribution in [0.25, 0.3) is 6.08 Å². The third-order valence-corrected chi connectivity index (χ3v) is 5.03. The van der Waals surface area contributed by atoms with E-state index in [1.807, 2.05) is 18.2 Å². The summed E-state index contributed by atoms with van der Waals surface area (Å²) in [5.41, 5.74) is 6.25. The van der Waals surface area contributed by atoms with Gasteiger partial charge in [0.05, 0.1) is 0 Å². The van der Waals surface area contributed by atoms with E-state index >= 15 is 0 Å². The Hall–Kier alpha value is -2.83. The fraction of sp³-hybridized carbons (Fsp3) is 0.318. The standard InChI is InChI=1S/C22H28N4O2/c1-24(2)20-10-7-18(8-11-20)17-25-13-15-26(16-14-25)21-6-4-3-5-19(21)9-12-22(27)23-28/h3-12,28H,13-17H2,1-2H3,(H,23,27)/b12-9+. The number of benzene rings is 2. The fourth-order valence-corrected chi connectivity index (χ4v) is 3.42. The molecule has 1 aliphatic heterocycles. The molecule has 0 aliphatic carbocycles. The van der Waals surface area contributed by atoms with Crippen molar-refractivity contribution in [1.29, 1.82) is 0 Å². The van der Waals surface area contributed by atoms with Crippen molar-refractivity contribution in [2.75, 3.05) is 50.1 Å². The maximum absolute atomic E-state index is 11.3. The highest BCUT2D eigenvalue weighted by molar-refractivity contribution is 5.91. The van der Waals surface area contributed by atoms with E-state index in [9.17, 15) is 4.79 Å². The van der Waals surface area contributed by atoms with Gasteiger partial charge in [-0.25, -0.2) is 5.48 Å². The number of carbonyl (C=O) groups excluding carboxylic acids is 1. The van der Waals surface area contributed by atoms with Gasteiger partial charge in [0.2, 0.25) is 0 Å². The predicted octanol–water partition coefficient (Wildman–Crippen LogP) is 2.59. The molecule has 0 bridgehead atoms. The van der Waals surface area contributed by atoms with Gasteiger partial charge in [0, 0.05) is 64.3 Å². The van der Waals surface area contributed by atoms with Gasteiger partial charge in [-0.1, -0.05) is 30.3 Å². The predicted molar refractivity (Wildman–Crippen MR) is 114 cm³/mol. The van der Waals surface area contributed by atoms with Gasteiger partial charge in [0.1, 0.15) is 0 Å². The van der Waals surface area contributed by atoms with Crippen molar-refractivity contribution in [3.63, 3.8) is 0 Å². The van der Waals surface area contributed by atoms with Crippen molar-refractivity contribution >= 4 is 23.4 Å². The zero-order valence-corrected chi connectivity index (χ0v) is 16.5. The number of nitrogens with one attached hydrogen (secondary N) is 1. The van der Waals surface area contributed by atoms with Crippen LogP contribution in [0.1, 0.15) is 11.1 Å². The minimum absolute atomic E-state index is 0.528. The lowest BCUT2D eigenvalue weighted by atomic mass is 10.1. The topological polar surface area (TPSA) is 59.0 Å². The number of para-hydroxylation sites is 1. The number of piperazine rings is 1. The third-order valence-electron chi connectivity index (χ3n) is 5.03. The molecule has 2 aromatic carbocycles. The summed E-state index contributed by atoms with van der Waals surface area (Å²) >= 11 is 0. The lowest BCUT2D eigenvalue weighted by molar-refractivity contribution is -0.124. The Kier molecular flexibility index (Phi) is 6.68. The molecule has 3 rings (SSSR count). The maximum atomic E-state index is 11.3. The lowest BCUT2D eigenvalue weighted by Crippen LogP contribution is -2.46. The van der Waals surface area contributed by atoms with Crippen LogP contribution in [0.15, 0.2) is 54.6 Å². The van der Waals surface area contributed by atoms with E-state index in [-0.39, 0.29) is 0 Å². The SMILES string of the molecule is CN(C)c1ccc(CN2CCN(c3ccccc3/C=C/C(=O)NO)CC2)cc1. The van der Waals surface area contributed by atoms with E-state index in [2.05, 4.69) is 59.1 Å². The summed E-state index contributed by atoms with van der Waals surface area (Å²) in [7, 11) is 4.11. The summed E-state index contributed by atoms with van der Waals surface area (Å²) in [5.74, 6) is -0.528. The highest BCUT2D eigenvalue weighted by Gasteiger charge is 2.18. The molecule has 1 fully saturated rings. The van der Waals surface area contributed by atoms with Crippen LogP contribution in [-0.4, -0.2) is 56.3 Å². The Bertz CT molecular complexity index is 810. The Morgan fingerprint density at radius 2 is 1.75 bits per heavy atom. The number of amides is 1. The molecule has 0 unspecified atom stereocenters. The molecule has 6 nitrogen and oxygen atoms in total. The smallest absolute Gasteiger partial charge is 0.267 e. The first-order valence-electron chi connectivity index (χ1n) is 9.51. The molecule has 1 aliphatic rings. The first-order valence-corrected chi connectivity index (χ1v) is 9.51. The van der Waals surface area contributed by atoms with Crippen LogP contribution < -0.4 is 15.3 Å². The molecule has 1 amide bonds. The third kappa shape index (κ3) is 5.12. The van der Waals surface area contributed by atoms with Crippen LogP contribution in [0.2, 0.25) is 0 Å². The number of rotatable bonds is 6. The van der Waals surface area contributed by atoms with Gasteiger partial charge in [-0.2, -0.15) is 0 Å². The molecular weight excluding hydrogens is 352 g/mol. The van der Waals surface area contributed by atoms with E-state index < -0.39 is 5.91 Å². The Balaban J connectivity index is 1.60. The van der Waals surface area contributed by atoms with Crippen LogP contribution >= 0.6 is 0 Å². The van der Waals surface area contributed by atoms with E-state index in [1.165, 1.54) is 17.3 Å². The number of hydrogen-bond donors (Lipinski definition) is 2. The normalized spacial score (nSPS) is 15.0. The van der Waals surface area contributed by atoms with E-state index in [4.69, 9.17) is 5.21 Å². The number of nitrogens with zero attached hydrogens (tertiary/aromatic N) is 3. The minimum Gasteiger partial charge on any atom is -0.378 e. The number of carbonyl (C=O) groups is 1. The second kappa shape index (κ2) is 9.39. The molecular formula is C22H28N4O2. The van der Waals surface area contributed by atoms with Gasteiger partial charge in [-0.05, 0) is 35.4 Å². The quantitative estimate of drug-likeness (QED) is 0.458. The molecule has 2 N–H and O–H groups in total. The highest BCUT2D eigenvalue weighted by atomic mass is 16.5. The summed E-state index contributed by atoms with van der Waals surface area (Å²) in [6.07, 6.45) is 3.08. The summed E-state index contributed by atoms with van der Waals surface area (Å²) in [4.78, 5) is 18.2. The second-order valence-corrected chi connectivity index (χ2v) is 7.19. The summed E-state index contributed by atoms with van der Waals surface area (Å²) in [6.45, 7) is 4.81. The molecule has 0 radical (unpaired) electrons. The van der Waals surface area contributed by atoms with Crippen molar-refractivity contribution < 1.29 is 10.0 Å². The maximum Gasteiger partial charge on any atom is 0.267 e. The monoisotopic (exact) mass is 380 g/mol. The van der Waals surface area contributed by atoms with Crippen LogP contribution in [0, 0.1) is 0 Å². The van der Waals surface area contributed by atoms with Gasteiger partial charge < -0.3 is 9.80 Å².